The second kappa shape index (κ2) is 9.57. The molecule has 1 amide bonds. The summed E-state index contributed by atoms with van der Waals surface area (Å²) in [7, 11) is 0. The Morgan fingerprint density at radius 2 is 1.98 bits per heavy atom. The van der Waals surface area contributed by atoms with Gasteiger partial charge in [-0.3, -0.25) is 9.78 Å². The van der Waals surface area contributed by atoms with Crippen LogP contribution in [-0.4, -0.2) is 48.1 Å². The molecular weight excluding hydrogens is 529 g/mol. The fourth-order valence-electron chi connectivity index (χ4n) is 5.09. The van der Waals surface area contributed by atoms with Crippen LogP contribution in [0.2, 0.25) is 0 Å². The zero-order valence-corrected chi connectivity index (χ0v) is 22.2. The minimum Gasteiger partial charge on any atom is -0.365 e. The van der Waals surface area contributed by atoms with Crippen molar-refractivity contribution in [3.8, 4) is 22.6 Å². The van der Waals surface area contributed by atoms with Crippen LogP contribution >= 0.6 is 11.8 Å². The molecule has 5 aromatic rings. The van der Waals surface area contributed by atoms with Crippen molar-refractivity contribution < 1.29 is 9.18 Å². The van der Waals surface area contributed by atoms with Crippen molar-refractivity contribution in [2.45, 2.75) is 18.3 Å². The molecular formula is C28H24FN9OS. The van der Waals surface area contributed by atoms with E-state index in [0.717, 1.165) is 41.3 Å². The first-order chi connectivity index (χ1) is 19.5. The molecule has 1 saturated heterocycles. The molecule has 1 unspecified atom stereocenters. The van der Waals surface area contributed by atoms with Gasteiger partial charge in [-0.1, -0.05) is 17.8 Å². The number of nitrogens with two attached hydrogens (primary N) is 1. The maximum absolute atomic E-state index is 13.7. The van der Waals surface area contributed by atoms with Gasteiger partial charge in [-0.05, 0) is 49.4 Å². The zero-order chi connectivity index (χ0) is 27.4. The molecule has 1 aromatic carbocycles. The summed E-state index contributed by atoms with van der Waals surface area (Å²) in [6.07, 6.45) is 7.16. The van der Waals surface area contributed by atoms with E-state index >= 15 is 0 Å². The summed E-state index contributed by atoms with van der Waals surface area (Å²) in [5.74, 6) is -0.141. The number of nitrogens with zero attached hydrogens (tertiary/aromatic N) is 7. The van der Waals surface area contributed by atoms with Gasteiger partial charge < -0.3 is 20.5 Å². The van der Waals surface area contributed by atoms with E-state index in [-0.39, 0.29) is 17.2 Å². The van der Waals surface area contributed by atoms with E-state index in [4.69, 9.17) is 20.8 Å². The molecule has 1 atom stereocenters. The number of carbonyl (C=O) groups excluding carboxylic acids is 1. The van der Waals surface area contributed by atoms with Gasteiger partial charge in [-0.25, -0.2) is 18.9 Å². The third kappa shape index (κ3) is 4.03. The number of allylic oxidation sites excluding steroid dienone is 1. The molecule has 12 heteroatoms. The van der Waals surface area contributed by atoms with Gasteiger partial charge in [0, 0.05) is 42.3 Å². The molecule has 10 nitrogen and oxygen atoms in total. The number of amides is 1. The van der Waals surface area contributed by atoms with Crippen LogP contribution in [0.25, 0.3) is 28.3 Å². The van der Waals surface area contributed by atoms with Crippen LogP contribution < -0.4 is 16.0 Å². The highest BCUT2D eigenvalue weighted by molar-refractivity contribution is 8.04. The first-order valence-electron chi connectivity index (χ1n) is 12.7. The zero-order valence-electron chi connectivity index (χ0n) is 21.4. The lowest BCUT2D eigenvalue weighted by Crippen LogP contribution is -2.43. The number of fused-ring (bicyclic) bond motifs is 1. The Morgan fingerprint density at radius 1 is 1.15 bits per heavy atom. The normalized spacial score (nSPS) is 17.6. The van der Waals surface area contributed by atoms with Gasteiger partial charge in [0.05, 0.1) is 34.9 Å². The Bertz CT molecular complexity index is 1780. The fourth-order valence-corrected chi connectivity index (χ4v) is 6.35. The molecule has 0 radical (unpaired) electrons. The number of rotatable bonds is 6. The van der Waals surface area contributed by atoms with Crippen molar-refractivity contribution in [2.24, 2.45) is 5.73 Å². The minimum atomic E-state index is -0.477. The average molecular weight is 554 g/mol. The van der Waals surface area contributed by atoms with Crippen LogP contribution in [-0.2, 0) is 4.79 Å². The van der Waals surface area contributed by atoms with Crippen LogP contribution in [0.15, 0.2) is 84.1 Å². The van der Waals surface area contributed by atoms with E-state index in [1.165, 1.54) is 23.9 Å². The van der Waals surface area contributed by atoms with Crippen molar-refractivity contribution >= 4 is 29.1 Å². The number of hydrogen-bond acceptors (Lipinski definition) is 8. The number of benzene rings is 1. The largest absolute Gasteiger partial charge is 0.365 e. The summed E-state index contributed by atoms with van der Waals surface area (Å²) in [6.45, 7) is 3.53. The number of anilines is 1. The summed E-state index contributed by atoms with van der Waals surface area (Å²) in [5.41, 5.74) is 11.1. The maximum Gasteiger partial charge on any atom is 0.256 e. The lowest BCUT2D eigenvalue weighted by molar-refractivity contribution is -0.113. The SMILES string of the molecule is CC1=C(C(N)=O)SC(c2cccnc2)N1c1cn2nc(-c3c(-c4ccc(F)cc4)ncn3C3CNC3)ccc2n1. The van der Waals surface area contributed by atoms with Gasteiger partial charge in [0.1, 0.15) is 16.9 Å². The molecule has 2 aliphatic heterocycles. The average Bonchev–Trinajstić information content (AvgIpc) is 3.63. The second-order valence-electron chi connectivity index (χ2n) is 9.69. The minimum absolute atomic E-state index is 0.245. The molecule has 0 bridgehead atoms. The van der Waals surface area contributed by atoms with Gasteiger partial charge in [-0.15, -0.1) is 0 Å². The van der Waals surface area contributed by atoms with Crippen molar-refractivity contribution in [3.63, 3.8) is 0 Å². The first kappa shape index (κ1) is 24.5. The molecule has 6 heterocycles. The highest BCUT2D eigenvalue weighted by atomic mass is 32.2. The topological polar surface area (TPSA) is 119 Å². The van der Waals surface area contributed by atoms with Gasteiger partial charge >= 0.3 is 0 Å². The number of primary amides is 1. The van der Waals surface area contributed by atoms with E-state index in [1.54, 1.807) is 29.0 Å². The van der Waals surface area contributed by atoms with Crippen molar-refractivity contribution in [2.75, 3.05) is 18.0 Å². The first-order valence-corrected chi connectivity index (χ1v) is 13.6. The summed E-state index contributed by atoms with van der Waals surface area (Å²) in [5, 5.41) is 7.99. The smallest absolute Gasteiger partial charge is 0.256 e. The van der Waals surface area contributed by atoms with Crippen molar-refractivity contribution in [1.29, 1.82) is 0 Å². The highest BCUT2D eigenvalue weighted by Crippen LogP contribution is 2.49. The van der Waals surface area contributed by atoms with Crippen LogP contribution in [0.4, 0.5) is 10.2 Å². The number of halogens is 1. The van der Waals surface area contributed by atoms with Crippen LogP contribution in [0.5, 0.6) is 0 Å². The Kier molecular flexibility index (Phi) is 5.86. The number of pyridine rings is 1. The Balaban J connectivity index is 1.33. The molecule has 4 aromatic heterocycles. The van der Waals surface area contributed by atoms with E-state index < -0.39 is 5.91 Å². The lowest BCUT2D eigenvalue weighted by atomic mass is 10.1. The molecule has 40 heavy (non-hydrogen) atoms. The third-order valence-corrected chi connectivity index (χ3v) is 8.65. The van der Waals surface area contributed by atoms with E-state index in [0.29, 0.717) is 22.1 Å². The number of aromatic nitrogens is 6. The van der Waals surface area contributed by atoms with E-state index in [9.17, 15) is 9.18 Å². The van der Waals surface area contributed by atoms with Crippen LogP contribution in [0.3, 0.4) is 0 Å². The van der Waals surface area contributed by atoms with Gasteiger partial charge in [-0.2, -0.15) is 5.10 Å². The number of imidazole rings is 2. The highest BCUT2D eigenvalue weighted by Gasteiger charge is 2.36. The Hall–Kier alpha value is -4.55. The van der Waals surface area contributed by atoms with E-state index in [1.807, 2.05) is 48.6 Å². The predicted molar refractivity (Wildman–Crippen MR) is 150 cm³/mol. The summed E-state index contributed by atoms with van der Waals surface area (Å²) < 4.78 is 17.5. The van der Waals surface area contributed by atoms with Gasteiger partial charge in [0.25, 0.3) is 5.91 Å². The quantitative estimate of drug-likeness (QED) is 0.325. The molecule has 2 aliphatic rings. The number of nitrogens with one attached hydrogen (secondary N) is 1. The molecule has 1 fully saturated rings. The molecule has 7 rings (SSSR count). The monoisotopic (exact) mass is 553 g/mol. The van der Waals surface area contributed by atoms with Crippen molar-refractivity contribution in [3.05, 3.63) is 95.4 Å². The molecule has 0 spiro atoms. The fraction of sp³-hybridized carbons (Fsp3) is 0.179. The standard InChI is InChI=1S/C28H24FN9OS/c1-16-26(27(30)39)40-28(18-3-2-10-31-11-18)38(16)23-14-37-22(34-23)9-8-21(35-37)25-24(17-4-6-19(29)7-5-17)33-15-36(25)20-12-32-13-20/h2-11,14-15,20,28,32H,12-13H2,1H3,(H2,30,39). The third-order valence-electron chi connectivity index (χ3n) is 7.21. The summed E-state index contributed by atoms with van der Waals surface area (Å²) in [6, 6.07) is 14.2. The van der Waals surface area contributed by atoms with Crippen LogP contribution in [0.1, 0.15) is 23.9 Å². The van der Waals surface area contributed by atoms with Crippen molar-refractivity contribution in [1.82, 2.24) is 34.4 Å². The number of carbonyl (C=O) groups is 1. The maximum atomic E-state index is 13.7. The molecule has 200 valence electrons. The van der Waals surface area contributed by atoms with Gasteiger partial charge in [0.2, 0.25) is 0 Å². The van der Waals surface area contributed by atoms with E-state index in [2.05, 4.69) is 14.9 Å². The molecule has 0 saturated carbocycles. The number of thioether (sulfide) groups is 1. The summed E-state index contributed by atoms with van der Waals surface area (Å²) in [4.78, 5) is 28.5. The number of hydrogen-bond donors (Lipinski definition) is 2. The molecule has 3 N–H and O–H groups in total. The van der Waals surface area contributed by atoms with Gasteiger partial charge in [0.15, 0.2) is 11.5 Å². The second-order valence-corrected chi connectivity index (χ2v) is 10.8. The Labute approximate surface area is 232 Å². The predicted octanol–water partition coefficient (Wildman–Crippen LogP) is 3.91. The lowest BCUT2D eigenvalue weighted by Gasteiger charge is -2.29. The molecule has 0 aliphatic carbocycles. The summed E-state index contributed by atoms with van der Waals surface area (Å²) >= 11 is 1.39. The van der Waals surface area contributed by atoms with Crippen LogP contribution in [0, 0.1) is 5.82 Å². The Morgan fingerprint density at radius 3 is 2.67 bits per heavy atom.